The highest BCUT2D eigenvalue weighted by molar-refractivity contribution is 5.86. The molecule has 0 aromatic rings. The molecule has 0 rings (SSSR count). The quantitative estimate of drug-likeness (QED) is 0.0790. The molecule has 0 aliphatic heterocycles. The van der Waals surface area contributed by atoms with Crippen molar-refractivity contribution in [1.82, 2.24) is 10.2 Å². The third-order valence-electron chi connectivity index (χ3n) is 3.40. The Kier molecular flexibility index (Phi) is 52.3. The van der Waals surface area contributed by atoms with E-state index >= 15 is 0 Å². The summed E-state index contributed by atoms with van der Waals surface area (Å²) in [5, 5.41) is 3.05. The van der Waals surface area contributed by atoms with Crippen molar-refractivity contribution in [3.05, 3.63) is 139 Å². The van der Waals surface area contributed by atoms with Crippen molar-refractivity contribution < 1.29 is 23.8 Å². The predicted octanol–water partition coefficient (Wildman–Crippen LogP) is 6.36. The summed E-state index contributed by atoms with van der Waals surface area (Å²) in [5.74, 6) is -0.778. The number of nitrogens with one attached hydrogen (secondary N) is 1. The second-order valence-corrected chi connectivity index (χ2v) is 7.23. The van der Waals surface area contributed by atoms with Crippen molar-refractivity contribution in [2.45, 2.75) is 6.92 Å². The number of rotatable bonds is 20. The molecule has 41 heavy (non-hydrogen) atoms. The smallest absolute Gasteiger partial charge is 0.333 e. The summed E-state index contributed by atoms with van der Waals surface area (Å²) in [6, 6.07) is 0. The standard InChI is InChI=1S/C9H15N.C7H10O2.C6H11N.C6H8O2.C6H10O/c1-4-7-10(8-5-2)9-6-3;1-4-5-9-7(8)6(2)3;1-3-5-7-6-4-2;1-3-5-8-6(7)4-2;1-3-5-7-6-4-2/h4-6H,1-3,7-9H2;4H,1-2,5H2,3H3;3-4,7H,1-2,5-6H2;3-4H,1-2,5H2;3-4H,1-2,5-6H2. The zero-order valence-electron chi connectivity index (χ0n) is 25.4. The molecule has 0 aromatic heterocycles. The van der Waals surface area contributed by atoms with Gasteiger partial charge in [-0.25, -0.2) is 9.59 Å². The minimum Gasteiger partial charge on any atom is -0.458 e. The van der Waals surface area contributed by atoms with Crippen LogP contribution in [0.1, 0.15) is 6.92 Å². The molecular formula is C34H54N2O5. The highest BCUT2D eigenvalue weighted by Crippen LogP contribution is 1.90. The maximum atomic E-state index is 10.5. The van der Waals surface area contributed by atoms with Crippen LogP contribution in [0.25, 0.3) is 0 Å². The van der Waals surface area contributed by atoms with E-state index < -0.39 is 5.97 Å². The van der Waals surface area contributed by atoms with Gasteiger partial charge in [-0.3, -0.25) is 4.90 Å². The Morgan fingerprint density at radius 1 is 0.610 bits per heavy atom. The zero-order valence-corrected chi connectivity index (χ0v) is 25.4. The van der Waals surface area contributed by atoms with Crippen LogP contribution in [0.2, 0.25) is 0 Å². The van der Waals surface area contributed by atoms with E-state index in [0.717, 1.165) is 38.8 Å². The SMILES string of the molecule is C=CCN(CC=C)CC=C.C=CCNCC=C.C=CCOC(=O)C(=C)C.C=CCOC(=O)C=C.C=CCOCC=C. The lowest BCUT2D eigenvalue weighted by Gasteiger charge is -2.15. The summed E-state index contributed by atoms with van der Waals surface area (Å²) in [7, 11) is 0. The molecule has 230 valence electrons. The fourth-order valence-corrected chi connectivity index (χ4v) is 1.75. The van der Waals surface area contributed by atoms with Crippen molar-refractivity contribution in [3.8, 4) is 0 Å². The minimum atomic E-state index is -0.412. The normalized spacial score (nSPS) is 8.24. The number of carbonyl (C=O) groups is 2. The molecule has 0 saturated carbocycles. The summed E-state index contributed by atoms with van der Waals surface area (Å²) >= 11 is 0. The predicted molar refractivity (Wildman–Crippen MR) is 179 cm³/mol. The first-order valence-electron chi connectivity index (χ1n) is 12.8. The molecule has 0 amide bonds. The number of esters is 2. The summed E-state index contributed by atoms with van der Waals surface area (Å²) in [6.07, 6.45) is 16.8. The third-order valence-corrected chi connectivity index (χ3v) is 3.40. The summed E-state index contributed by atoms with van der Waals surface area (Å²) < 4.78 is 14.0. The van der Waals surface area contributed by atoms with Crippen LogP contribution in [0.3, 0.4) is 0 Å². The number of nitrogens with zero attached hydrogens (tertiary/aromatic N) is 1. The molecule has 7 nitrogen and oxygen atoms in total. The summed E-state index contributed by atoms with van der Waals surface area (Å²) in [5.41, 5.74) is 0.414. The molecule has 0 aliphatic rings. The largest absolute Gasteiger partial charge is 0.458 e. The maximum absolute atomic E-state index is 10.5. The van der Waals surface area contributed by atoms with Gasteiger partial charge < -0.3 is 19.5 Å². The molecule has 7 heteroatoms. The monoisotopic (exact) mass is 570 g/mol. The molecule has 0 radical (unpaired) electrons. The van der Waals surface area contributed by atoms with Crippen LogP contribution in [0, 0.1) is 0 Å². The van der Waals surface area contributed by atoms with Crippen molar-refractivity contribution in [2.75, 3.05) is 59.2 Å². The van der Waals surface area contributed by atoms with E-state index in [0.29, 0.717) is 18.8 Å². The first-order chi connectivity index (χ1) is 19.7. The Balaban J connectivity index is -0.000000133. The molecule has 0 aromatic carbocycles. The fourth-order valence-electron chi connectivity index (χ4n) is 1.75. The lowest BCUT2D eigenvalue weighted by Crippen LogP contribution is -2.23. The lowest BCUT2D eigenvalue weighted by atomic mass is 10.4. The molecule has 1 N–H and O–H groups in total. The van der Waals surface area contributed by atoms with Crippen LogP contribution in [0.15, 0.2) is 139 Å². The van der Waals surface area contributed by atoms with Gasteiger partial charge in [0.2, 0.25) is 0 Å². The Hall–Kier alpha value is -4.04. The van der Waals surface area contributed by atoms with Gasteiger partial charge in [-0.1, -0.05) is 81.0 Å². The van der Waals surface area contributed by atoms with E-state index in [1.807, 2.05) is 30.4 Å². The molecule has 0 spiro atoms. The topological polar surface area (TPSA) is 77.1 Å². The fraction of sp³-hybridized carbons (Fsp3) is 0.294. The first-order valence-corrected chi connectivity index (χ1v) is 12.8. The summed E-state index contributed by atoms with van der Waals surface area (Å²) in [4.78, 5) is 22.9. The first kappa shape index (κ1) is 46.8. The van der Waals surface area contributed by atoms with Crippen molar-refractivity contribution in [3.63, 3.8) is 0 Å². The van der Waals surface area contributed by atoms with E-state index in [1.165, 1.54) is 12.2 Å². The molecule has 0 aliphatic carbocycles. The Morgan fingerprint density at radius 2 is 1.00 bits per heavy atom. The molecule has 0 heterocycles. The highest BCUT2D eigenvalue weighted by atomic mass is 16.5. The molecular weight excluding hydrogens is 516 g/mol. The van der Waals surface area contributed by atoms with E-state index in [2.05, 4.69) is 92.1 Å². The molecule has 0 fully saturated rings. The van der Waals surface area contributed by atoms with Gasteiger partial charge in [0.05, 0.1) is 13.2 Å². The average Bonchev–Trinajstić information content (AvgIpc) is 2.97. The van der Waals surface area contributed by atoms with Crippen LogP contribution in [-0.4, -0.2) is 76.0 Å². The Bertz CT molecular complexity index is 711. The second-order valence-electron chi connectivity index (χ2n) is 7.23. The van der Waals surface area contributed by atoms with Crippen molar-refractivity contribution >= 4 is 11.9 Å². The van der Waals surface area contributed by atoms with Gasteiger partial charge in [-0.15, -0.1) is 46.1 Å². The Labute approximate surface area is 250 Å². The minimum absolute atomic E-state index is 0.255. The number of ether oxygens (including phenoxy) is 3. The van der Waals surface area contributed by atoms with Gasteiger partial charge in [-0.2, -0.15) is 0 Å². The van der Waals surface area contributed by atoms with Crippen molar-refractivity contribution in [2.24, 2.45) is 0 Å². The lowest BCUT2D eigenvalue weighted by molar-refractivity contribution is -0.138. The molecule has 0 unspecified atom stereocenters. The highest BCUT2D eigenvalue weighted by Gasteiger charge is 1.98. The van der Waals surface area contributed by atoms with E-state index in [-0.39, 0.29) is 19.2 Å². The zero-order chi connectivity index (χ0) is 32.6. The molecule has 0 atom stereocenters. The van der Waals surface area contributed by atoms with Crippen LogP contribution in [-0.2, 0) is 23.8 Å². The van der Waals surface area contributed by atoms with Gasteiger partial charge in [0, 0.05) is 44.4 Å². The summed E-state index contributed by atoms with van der Waals surface area (Å²) in [6.45, 7) is 46.1. The molecule has 0 saturated heterocycles. The van der Waals surface area contributed by atoms with Gasteiger partial charge in [0.1, 0.15) is 13.2 Å². The van der Waals surface area contributed by atoms with Gasteiger partial charge >= 0.3 is 11.9 Å². The van der Waals surface area contributed by atoms with E-state index in [9.17, 15) is 9.59 Å². The van der Waals surface area contributed by atoms with Crippen LogP contribution in [0.5, 0.6) is 0 Å². The van der Waals surface area contributed by atoms with E-state index in [1.54, 1.807) is 19.1 Å². The maximum Gasteiger partial charge on any atom is 0.333 e. The Morgan fingerprint density at radius 3 is 1.29 bits per heavy atom. The van der Waals surface area contributed by atoms with Crippen LogP contribution in [0.4, 0.5) is 0 Å². The van der Waals surface area contributed by atoms with Gasteiger partial charge in [-0.05, 0) is 6.92 Å². The number of carbonyl (C=O) groups excluding carboxylic acids is 2. The average molecular weight is 571 g/mol. The van der Waals surface area contributed by atoms with Crippen LogP contribution >= 0.6 is 0 Å². The van der Waals surface area contributed by atoms with Gasteiger partial charge in [0.25, 0.3) is 0 Å². The third kappa shape index (κ3) is 57.1. The van der Waals surface area contributed by atoms with Crippen LogP contribution < -0.4 is 5.32 Å². The van der Waals surface area contributed by atoms with Crippen molar-refractivity contribution in [1.29, 1.82) is 0 Å². The molecule has 0 bridgehead atoms. The van der Waals surface area contributed by atoms with E-state index in [4.69, 9.17) is 4.74 Å². The van der Waals surface area contributed by atoms with Gasteiger partial charge in [0.15, 0.2) is 0 Å². The number of hydrogen-bond acceptors (Lipinski definition) is 7. The second kappa shape index (κ2) is 45.9. The number of hydrogen-bond donors (Lipinski definition) is 1.